The fourth-order valence-corrected chi connectivity index (χ4v) is 5.67. The molecule has 26 heavy (non-hydrogen) atoms. The van der Waals surface area contributed by atoms with Gasteiger partial charge in [-0.05, 0) is 50.0 Å². The molecule has 0 bridgehead atoms. The number of thiophene rings is 1. The summed E-state index contributed by atoms with van der Waals surface area (Å²) in [4.78, 5) is 26.3. The number of hydrogen-bond donors (Lipinski definition) is 1. The van der Waals surface area contributed by atoms with Crippen molar-refractivity contribution in [1.82, 2.24) is 0 Å². The van der Waals surface area contributed by atoms with Crippen molar-refractivity contribution in [2.75, 3.05) is 11.9 Å². The molecule has 1 fully saturated rings. The van der Waals surface area contributed by atoms with Crippen molar-refractivity contribution >= 4 is 28.2 Å². The second kappa shape index (κ2) is 9.03. The molecule has 2 aliphatic carbocycles. The number of nitrogens with one attached hydrogen (secondary N) is 1. The smallest absolute Gasteiger partial charge is 0.341 e. The van der Waals surface area contributed by atoms with Gasteiger partial charge in [0.2, 0.25) is 5.91 Å². The normalized spacial score (nSPS) is 20.5. The molecule has 1 aromatic rings. The van der Waals surface area contributed by atoms with Gasteiger partial charge in [0.25, 0.3) is 0 Å². The summed E-state index contributed by atoms with van der Waals surface area (Å²) in [5.74, 6) is 1.07. The maximum Gasteiger partial charge on any atom is 0.341 e. The van der Waals surface area contributed by atoms with Crippen LogP contribution in [0.15, 0.2) is 0 Å². The van der Waals surface area contributed by atoms with Crippen LogP contribution in [-0.4, -0.2) is 18.5 Å². The number of esters is 1. The van der Waals surface area contributed by atoms with Crippen molar-refractivity contribution < 1.29 is 14.3 Å². The maximum absolute atomic E-state index is 12.5. The van der Waals surface area contributed by atoms with Gasteiger partial charge in [-0.15, -0.1) is 11.3 Å². The Morgan fingerprint density at radius 3 is 2.69 bits per heavy atom. The van der Waals surface area contributed by atoms with Crippen LogP contribution in [0.2, 0.25) is 0 Å². The summed E-state index contributed by atoms with van der Waals surface area (Å²) >= 11 is 1.58. The Morgan fingerprint density at radius 2 is 1.96 bits per heavy atom. The first-order valence-electron chi connectivity index (χ1n) is 10.2. The molecule has 144 valence electrons. The minimum absolute atomic E-state index is 0.0350. The summed E-state index contributed by atoms with van der Waals surface area (Å²) in [5, 5.41) is 3.75. The molecule has 1 heterocycles. The number of rotatable bonds is 6. The molecule has 0 spiro atoms. The highest BCUT2D eigenvalue weighted by Crippen LogP contribution is 2.40. The molecule has 3 rings (SSSR count). The fourth-order valence-electron chi connectivity index (χ4n) is 4.26. The lowest BCUT2D eigenvalue weighted by molar-refractivity contribution is -0.116. The number of anilines is 1. The molecule has 1 atom stereocenters. The Morgan fingerprint density at radius 1 is 1.19 bits per heavy atom. The van der Waals surface area contributed by atoms with E-state index in [4.69, 9.17) is 4.74 Å². The van der Waals surface area contributed by atoms with E-state index in [-0.39, 0.29) is 11.9 Å². The average molecular weight is 378 g/mol. The van der Waals surface area contributed by atoms with Crippen LogP contribution < -0.4 is 5.32 Å². The molecule has 0 saturated heterocycles. The highest BCUT2D eigenvalue weighted by atomic mass is 32.1. The van der Waals surface area contributed by atoms with Crippen LogP contribution in [0.25, 0.3) is 0 Å². The van der Waals surface area contributed by atoms with E-state index < -0.39 is 0 Å². The molecule has 0 unspecified atom stereocenters. The predicted octanol–water partition coefficient (Wildman–Crippen LogP) is 5.35. The molecule has 5 heteroatoms. The lowest BCUT2D eigenvalue weighted by Crippen LogP contribution is -2.17. The van der Waals surface area contributed by atoms with E-state index in [1.54, 1.807) is 11.3 Å². The van der Waals surface area contributed by atoms with Crippen LogP contribution in [0.1, 0.15) is 86.0 Å². The molecular formula is C21H31NO3S. The number of amides is 1. The summed E-state index contributed by atoms with van der Waals surface area (Å²) in [7, 11) is 0. The molecule has 4 nitrogen and oxygen atoms in total. The van der Waals surface area contributed by atoms with Gasteiger partial charge in [-0.25, -0.2) is 4.79 Å². The average Bonchev–Trinajstić information content (AvgIpc) is 2.98. The molecule has 1 N–H and O–H groups in total. The van der Waals surface area contributed by atoms with Gasteiger partial charge < -0.3 is 10.1 Å². The van der Waals surface area contributed by atoms with E-state index in [0.29, 0.717) is 35.4 Å². The second-order valence-corrected chi connectivity index (χ2v) is 8.97. The van der Waals surface area contributed by atoms with Crippen LogP contribution in [-0.2, 0) is 22.4 Å². The third kappa shape index (κ3) is 4.67. The molecule has 1 amide bonds. The fraction of sp³-hybridized carbons (Fsp3) is 0.714. The third-order valence-corrected chi connectivity index (χ3v) is 6.92. The Hall–Kier alpha value is -1.36. The van der Waals surface area contributed by atoms with Gasteiger partial charge in [-0.1, -0.05) is 39.0 Å². The molecule has 0 radical (unpaired) electrons. The van der Waals surface area contributed by atoms with Crippen LogP contribution in [0.4, 0.5) is 5.00 Å². The summed E-state index contributed by atoms with van der Waals surface area (Å²) in [6, 6.07) is 0. The Balaban J connectivity index is 1.69. The number of carbonyl (C=O) groups excluding carboxylic acids is 2. The Bertz CT molecular complexity index is 646. The second-order valence-electron chi connectivity index (χ2n) is 7.87. The van der Waals surface area contributed by atoms with Gasteiger partial charge in [-0.3, -0.25) is 4.79 Å². The van der Waals surface area contributed by atoms with Crippen LogP contribution >= 0.6 is 11.3 Å². The number of carbonyl (C=O) groups is 2. The van der Waals surface area contributed by atoms with Gasteiger partial charge in [-0.2, -0.15) is 0 Å². The van der Waals surface area contributed by atoms with E-state index in [1.807, 2.05) is 6.92 Å². The summed E-state index contributed by atoms with van der Waals surface area (Å²) in [5.41, 5.74) is 1.72. The van der Waals surface area contributed by atoms with E-state index >= 15 is 0 Å². The van der Waals surface area contributed by atoms with E-state index in [0.717, 1.165) is 31.2 Å². The van der Waals surface area contributed by atoms with E-state index in [1.165, 1.54) is 37.0 Å². The van der Waals surface area contributed by atoms with E-state index in [2.05, 4.69) is 12.2 Å². The summed E-state index contributed by atoms with van der Waals surface area (Å²) in [6.45, 7) is 4.42. The van der Waals surface area contributed by atoms with Crippen molar-refractivity contribution in [2.45, 2.75) is 78.1 Å². The third-order valence-electron chi connectivity index (χ3n) is 5.75. The van der Waals surface area contributed by atoms with Gasteiger partial charge in [0.05, 0.1) is 12.2 Å². The quantitative estimate of drug-likeness (QED) is 0.680. The molecule has 0 aliphatic heterocycles. The number of hydrogen-bond acceptors (Lipinski definition) is 4. The van der Waals surface area contributed by atoms with Crippen molar-refractivity contribution in [1.29, 1.82) is 0 Å². The topological polar surface area (TPSA) is 55.4 Å². The van der Waals surface area contributed by atoms with Crippen molar-refractivity contribution in [3.05, 3.63) is 16.0 Å². The monoisotopic (exact) mass is 377 g/mol. The first-order valence-corrected chi connectivity index (χ1v) is 11.0. The van der Waals surface area contributed by atoms with Crippen molar-refractivity contribution in [2.24, 2.45) is 11.8 Å². The first kappa shape index (κ1) is 19.4. The highest BCUT2D eigenvalue weighted by Gasteiger charge is 2.29. The Labute approximate surface area is 160 Å². The zero-order valence-corrected chi connectivity index (χ0v) is 16.9. The summed E-state index contributed by atoms with van der Waals surface area (Å²) < 4.78 is 5.27. The van der Waals surface area contributed by atoms with Gasteiger partial charge >= 0.3 is 5.97 Å². The summed E-state index contributed by atoms with van der Waals surface area (Å²) in [6.07, 6.45) is 10.9. The molecule has 1 aromatic heterocycles. The van der Waals surface area contributed by atoms with Gasteiger partial charge in [0.15, 0.2) is 0 Å². The minimum atomic E-state index is -0.290. The molecule has 0 aromatic carbocycles. The molecule has 1 saturated carbocycles. The minimum Gasteiger partial charge on any atom is -0.462 e. The van der Waals surface area contributed by atoms with Crippen molar-refractivity contribution in [3.8, 4) is 0 Å². The van der Waals surface area contributed by atoms with Crippen LogP contribution in [0.5, 0.6) is 0 Å². The zero-order valence-electron chi connectivity index (χ0n) is 16.1. The largest absolute Gasteiger partial charge is 0.462 e. The first-order chi connectivity index (χ1) is 12.6. The number of fused-ring (bicyclic) bond motifs is 1. The lowest BCUT2D eigenvalue weighted by Gasteiger charge is -2.21. The zero-order chi connectivity index (χ0) is 18.5. The van der Waals surface area contributed by atoms with Gasteiger partial charge in [0, 0.05) is 11.3 Å². The SMILES string of the molecule is CCOC(=O)c1c(NC(=O)CCC2CCCCC2)sc2c1CC[C@H](C)C2. The van der Waals surface area contributed by atoms with Crippen LogP contribution in [0.3, 0.4) is 0 Å². The maximum atomic E-state index is 12.5. The van der Waals surface area contributed by atoms with E-state index in [9.17, 15) is 9.59 Å². The predicted molar refractivity (Wildman–Crippen MR) is 106 cm³/mol. The Kier molecular flexibility index (Phi) is 6.74. The van der Waals surface area contributed by atoms with Gasteiger partial charge in [0.1, 0.15) is 5.00 Å². The molecular weight excluding hydrogens is 346 g/mol. The number of ether oxygens (including phenoxy) is 1. The standard InChI is InChI=1S/C21H31NO3S/c1-3-25-21(24)19-16-11-9-14(2)13-17(16)26-20(19)22-18(23)12-10-15-7-5-4-6-8-15/h14-15H,3-13H2,1-2H3,(H,22,23)/t14-/m0/s1. The van der Waals surface area contributed by atoms with Crippen LogP contribution in [0, 0.1) is 11.8 Å². The lowest BCUT2D eigenvalue weighted by atomic mass is 9.86. The highest BCUT2D eigenvalue weighted by molar-refractivity contribution is 7.17. The molecule has 2 aliphatic rings. The van der Waals surface area contributed by atoms with Crippen molar-refractivity contribution in [3.63, 3.8) is 0 Å².